The van der Waals surface area contributed by atoms with Crippen LogP contribution in [0.1, 0.15) is 24.8 Å². The second kappa shape index (κ2) is 5.21. The molecule has 2 bridgehead atoms. The lowest BCUT2D eigenvalue weighted by atomic mass is 9.96. The number of fused-ring (bicyclic) bond motifs is 2. The SMILES string of the molecule is CN1C2CCC1C(NC(=O)OCc1ccccc1)C2. The van der Waals surface area contributed by atoms with Crippen molar-refractivity contribution in [2.75, 3.05) is 7.05 Å². The Kier molecular flexibility index (Phi) is 3.42. The fourth-order valence-corrected chi connectivity index (χ4v) is 3.33. The smallest absolute Gasteiger partial charge is 0.407 e. The molecular weight excluding hydrogens is 240 g/mol. The maximum atomic E-state index is 11.8. The summed E-state index contributed by atoms with van der Waals surface area (Å²) >= 11 is 0. The van der Waals surface area contributed by atoms with E-state index in [0.29, 0.717) is 18.7 Å². The molecule has 1 aromatic rings. The Morgan fingerprint density at radius 2 is 2.16 bits per heavy atom. The van der Waals surface area contributed by atoms with Crippen LogP contribution in [0.15, 0.2) is 30.3 Å². The van der Waals surface area contributed by atoms with Crippen LogP contribution < -0.4 is 5.32 Å². The average Bonchev–Trinajstić information content (AvgIpc) is 2.93. The number of amides is 1. The van der Waals surface area contributed by atoms with E-state index in [4.69, 9.17) is 4.74 Å². The molecule has 4 heteroatoms. The van der Waals surface area contributed by atoms with Crippen LogP contribution in [0.3, 0.4) is 0 Å². The fraction of sp³-hybridized carbons (Fsp3) is 0.533. The van der Waals surface area contributed by atoms with Gasteiger partial charge in [0.15, 0.2) is 0 Å². The van der Waals surface area contributed by atoms with Gasteiger partial charge in [0.1, 0.15) is 6.61 Å². The summed E-state index contributed by atoms with van der Waals surface area (Å²) in [4.78, 5) is 14.2. The Hall–Kier alpha value is -1.55. The highest BCUT2D eigenvalue weighted by Crippen LogP contribution is 2.36. The first kappa shape index (κ1) is 12.5. The van der Waals surface area contributed by atoms with Gasteiger partial charge in [0.2, 0.25) is 0 Å². The van der Waals surface area contributed by atoms with E-state index in [0.717, 1.165) is 12.0 Å². The Labute approximate surface area is 113 Å². The molecule has 4 nitrogen and oxygen atoms in total. The summed E-state index contributed by atoms with van der Waals surface area (Å²) < 4.78 is 5.26. The molecule has 2 fully saturated rings. The minimum absolute atomic E-state index is 0.257. The molecule has 102 valence electrons. The van der Waals surface area contributed by atoms with Crippen molar-refractivity contribution in [3.05, 3.63) is 35.9 Å². The van der Waals surface area contributed by atoms with E-state index in [2.05, 4.69) is 17.3 Å². The van der Waals surface area contributed by atoms with Crippen molar-refractivity contribution in [3.8, 4) is 0 Å². The largest absolute Gasteiger partial charge is 0.445 e. The van der Waals surface area contributed by atoms with Crippen LogP contribution in [-0.4, -0.2) is 36.2 Å². The topological polar surface area (TPSA) is 41.6 Å². The summed E-state index contributed by atoms with van der Waals surface area (Å²) in [5.74, 6) is 0. The van der Waals surface area contributed by atoms with Gasteiger partial charge in [-0.3, -0.25) is 4.90 Å². The number of likely N-dealkylation sites (N-methyl/N-ethyl adjacent to an activating group) is 1. The lowest BCUT2D eigenvalue weighted by molar-refractivity contribution is 0.133. The van der Waals surface area contributed by atoms with Crippen molar-refractivity contribution in [1.82, 2.24) is 10.2 Å². The number of ether oxygens (including phenoxy) is 1. The Morgan fingerprint density at radius 3 is 2.79 bits per heavy atom. The molecule has 1 N–H and O–H groups in total. The van der Waals surface area contributed by atoms with Gasteiger partial charge in [0, 0.05) is 18.1 Å². The molecule has 2 aliphatic rings. The first-order chi connectivity index (χ1) is 9.24. The van der Waals surface area contributed by atoms with Gasteiger partial charge in [-0.25, -0.2) is 4.79 Å². The Morgan fingerprint density at radius 1 is 1.37 bits per heavy atom. The molecule has 0 aliphatic carbocycles. The van der Waals surface area contributed by atoms with E-state index in [1.165, 1.54) is 12.8 Å². The molecule has 0 aromatic heterocycles. The average molecular weight is 260 g/mol. The first-order valence-electron chi connectivity index (χ1n) is 6.93. The van der Waals surface area contributed by atoms with E-state index < -0.39 is 0 Å². The molecule has 0 radical (unpaired) electrons. The Balaban J connectivity index is 1.47. The normalized spacial score (nSPS) is 29.4. The molecule has 1 aromatic carbocycles. The van der Waals surface area contributed by atoms with Crippen LogP contribution in [0.4, 0.5) is 4.79 Å². The van der Waals surface area contributed by atoms with E-state index in [9.17, 15) is 4.79 Å². The highest BCUT2D eigenvalue weighted by atomic mass is 16.5. The van der Waals surface area contributed by atoms with Gasteiger partial charge in [0.25, 0.3) is 0 Å². The van der Waals surface area contributed by atoms with E-state index in [-0.39, 0.29) is 12.1 Å². The highest BCUT2D eigenvalue weighted by Gasteiger charge is 2.44. The van der Waals surface area contributed by atoms with Crippen LogP contribution in [0, 0.1) is 0 Å². The van der Waals surface area contributed by atoms with Crippen molar-refractivity contribution in [2.45, 2.75) is 44.0 Å². The van der Waals surface area contributed by atoms with Crippen LogP contribution in [0.5, 0.6) is 0 Å². The molecular formula is C15H20N2O2. The molecule has 1 amide bonds. The van der Waals surface area contributed by atoms with Gasteiger partial charge < -0.3 is 10.1 Å². The first-order valence-corrected chi connectivity index (χ1v) is 6.93. The van der Waals surface area contributed by atoms with Gasteiger partial charge >= 0.3 is 6.09 Å². The minimum Gasteiger partial charge on any atom is -0.445 e. The number of benzene rings is 1. The van der Waals surface area contributed by atoms with Gasteiger partial charge in [-0.1, -0.05) is 30.3 Å². The predicted molar refractivity (Wildman–Crippen MR) is 72.7 cm³/mol. The number of hydrogen-bond donors (Lipinski definition) is 1. The van der Waals surface area contributed by atoms with Gasteiger partial charge in [-0.05, 0) is 31.9 Å². The third kappa shape index (κ3) is 2.59. The molecule has 2 heterocycles. The summed E-state index contributed by atoms with van der Waals surface area (Å²) in [6, 6.07) is 11.2. The van der Waals surface area contributed by atoms with E-state index >= 15 is 0 Å². The lowest BCUT2D eigenvalue weighted by Gasteiger charge is -2.22. The monoisotopic (exact) mass is 260 g/mol. The maximum Gasteiger partial charge on any atom is 0.407 e. The molecule has 19 heavy (non-hydrogen) atoms. The standard InChI is InChI=1S/C15H20N2O2/c1-17-12-7-8-14(17)13(9-12)16-15(18)19-10-11-5-3-2-4-6-11/h2-6,12-14H,7-10H2,1H3,(H,16,18). The maximum absolute atomic E-state index is 11.8. The molecule has 0 spiro atoms. The second-order valence-corrected chi connectivity index (χ2v) is 5.51. The van der Waals surface area contributed by atoms with Crippen molar-refractivity contribution in [2.24, 2.45) is 0 Å². The molecule has 3 atom stereocenters. The molecule has 2 aliphatic heterocycles. The molecule has 0 saturated carbocycles. The van der Waals surface area contributed by atoms with E-state index in [1.807, 2.05) is 30.3 Å². The van der Waals surface area contributed by atoms with Gasteiger partial charge in [-0.15, -0.1) is 0 Å². The van der Waals surface area contributed by atoms with Crippen LogP contribution in [0.2, 0.25) is 0 Å². The third-order valence-electron chi connectivity index (χ3n) is 4.40. The molecule has 3 rings (SSSR count). The van der Waals surface area contributed by atoms with Crippen LogP contribution in [0.25, 0.3) is 0 Å². The number of hydrogen-bond acceptors (Lipinski definition) is 3. The Bertz CT molecular complexity index is 449. The number of carbonyl (C=O) groups is 1. The zero-order valence-corrected chi connectivity index (χ0v) is 11.2. The summed E-state index contributed by atoms with van der Waals surface area (Å²) in [6.07, 6.45) is 3.21. The minimum atomic E-state index is -0.296. The van der Waals surface area contributed by atoms with Crippen molar-refractivity contribution < 1.29 is 9.53 Å². The van der Waals surface area contributed by atoms with Crippen molar-refractivity contribution >= 4 is 6.09 Å². The van der Waals surface area contributed by atoms with Crippen LogP contribution in [-0.2, 0) is 11.3 Å². The molecule has 3 unspecified atom stereocenters. The molecule has 2 saturated heterocycles. The van der Waals surface area contributed by atoms with Crippen molar-refractivity contribution in [1.29, 1.82) is 0 Å². The number of nitrogens with zero attached hydrogens (tertiary/aromatic N) is 1. The second-order valence-electron chi connectivity index (χ2n) is 5.51. The van der Waals surface area contributed by atoms with Crippen molar-refractivity contribution in [3.63, 3.8) is 0 Å². The number of nitrogens with one attached hydrogen (secondary N) is 1. The zero-order valence-electron chi connectivity index (χ0n) is 11.2. The summed E-state index contributed by atoms with van der Waals surface area (Å²) in [5.41, 5.74) is 1.02. The number of alkyl carbamates (subject to hydrolysis) is 1. The van der Waals surface area contributed by atoms with Gasteiger partial charge in [0.05, 0.1) is 0 Å². The predicted octanol–water partition coefficient (Wildman–Crippen LogP) is 2.15. The summed E-state index contributed by atoms with van der Waals surface area (Å²) in [6.45, 7) is 0.337. The fourth-order valence-electron chi connectivity index (χ4n) is 3.33. The highest BCUT2D eigenvalue weighted by molar-refractivity contribution is 5.67. The zero-order chi connectivity index (χ0) is 13.2. The summed E-state index contributed by atoms with van der Waals surface area (Å²) in [5, 5.41) is 3.01. The third-order valence-corrected chi connectivity index (χ3v) is 4.40. The van der Waals surface area contributed by atoms with E-state index in [1.54, 1.807) is 0 Å². The van der Waals surface area contributed by atoms with Gasteiger partial charge in [-0.2, -0.15) is 0 Å². The lowest BCUT2D eigenvalue weighted by Crippen LogP contribution is -2.43. The van der Waals surface area contributed by atoms with Crippen LogP contribution >= 0.6 is 0 Å². The number of carbonyl (C=O) groups excluding carboxylic acids is 1. The summed E-state index contributed by atoms with van der Waals surface area (Å²) in [7, 11) is 2.15. The number of rotatable bonds is 3. The quantitative estimate of drug-likeness (QED) is 0.905.